The molecule has 21 heteroatoms. The average molecular weight is 1310 g/mol. The van der Waals surface area contributed by atoms with Crippen LogP contribution in [0.3, 0.4) is 0 Å². The van der Waals surface area contributed by atoms with Crippen molar-refractivity contribution in [2.24, 2.45) is 0 Å². The maximum absolute atomic E-state index is 13.6. The fraction of sp³-hybridized carbons (Fsp3) is 0.405. The number of aliphatic hydroxyl groups is 1. The van der Waals surface area contributed by atoms with Crippen LogP contribution in [0.25, 0.3) is 0 Å². The fourth-order valence-electron chi connectivity index (χ4n) is 11.5. The van der Waals surface area contributed by atoms with E-state index in [9.17, 15) is 27.9 Å². The Balaban J connectivity index is 1.07. The third-order valence-electron chi connectivity index (χ3n) is 16.3. The van der Waals surface area contributed by atoms with Crippen molar-refractivity contribution in [3.05, 3.63) is 251 Å². The van der Waals surface area contributed by atoms with Gasteiger partial charge in [-0.2, -0.15) is 13.2 Å². The molecule has 0 unspecified atom stereocenters. The van der Waals surface area contributed by atoms with Crippen LogP contribution in [0, 0.1) is 0 Å². The number of carbonyl (C=O) groups is 2. The number of aliphatic hydroxyl groups excluding tert-OH is 1. The summed E-state index contributed by atoms with van der Waals surface area (Å²) in [4.78, 5) is 25.5. The van der Waals surface area contributed by atoms with Crippen LogP contribution in [0.15, 0.2) is 212 Å². The quantitative estimate of drug-likeness (QED) is 0.0328. The van der Waals surface area contributed by atoms with Crippen LogP contribution in [-0.4, -0.2) is 142 Å². The molecule has 7 aromatic rings. The Hall–Kier alpha value is -7.29. The van der Waals surface area contributed by atoms with E-state index in [0.717, 1.165) is 38.9 Å². The molecule has 0 aromatic heterocycles. The van der Waals surface area contributed by atoms with Crippen LogP contribution in [0.1, 0.15) is 59.2 Å². The van der Waals surface area contributed by atoms with Gasteiger partial charge in [-0.3, -0.25) is 9.59 Å². The molecule has 0 bridgehead atoms. The molecule has 0 aliphatic carbocycles. The third-order valence-corrected chi connectivity index (χ3v) is 16.3. The molecule has 0 spiro atoms. The second kappa shape index (κ2) is 36.2. The maximum atomic E-state index is 13.6. The van der Waals surface area contributed by atoms with Crippen LogP contribution < -0.4 is 10.6 Å². The van der Waals surface area contributed by atoms with Crippen LogP contribution in [0.5, 0.6) is 0 Å². The molecule has 3 N–H and O–H groups in total. The first-order chi connectivity index (χ1) is 46.3. The van der Waals surface area contributed by atoms with Crippen LogP contribution in [0.4, 0.5) is 13.2 Å². The number of halogens is 3. The summed E-state index contributed by atoms with van der Waals surface area (Å²) < 4.78 is 130. The molecule has 3 heterocycles. The lowest BCUT2D eigenvalue weighted by atomic mass is 9.94. The number of benzene rings is 7. The Bertz CT molecular complexity index is 3320. The fourth-order valence-corrected chi connectivity index (χ4v) is 11.5. The molecule has 3 saturated heterocycles. The first kappa shape index (κ1) is 70.5. The molecule has 3 aliphatic heterocycles. The van der Waals surface area contributed by atoms with E-state index in [1.165, 1.54) is 6.92 Å². The van der Waals surface area contributed by atoms with Crippen molar-refractivity contribution in [3.8, 4) is 0 Å². The van der Waals surface area contributed by atoms with Gasteiger partial charge in [0.15, 0.2) is 18.9 Å². The molecule has 15 atom stereocenters. The number of rotatable bonds is 33. The van der Waals surface area contributed by atoms with Crippen LogP contribution in [0.2, 0.25) is 0 Å². The Labute approximate surface area is 552 Å². The first-order valence-electron chi connectivity index (χ1n) is 32.0. The first-order valence-corrected chi connectivity index (χ1v) is 32.0. The summed E-state index contributed by atoms with van der Waals surface area (Å²) in [7, 11) is 0. The van der Waals surface area contributed by atoms with Gasteiger partial charge in [0.25, 0.3) is 0 Å². The zero-order valence-electron chi connectivity index (χ0n) is 53.1. The van der Waals surface area contributed by atoms with Crippen LogP contribution in [-0.2, 0) is 117 Å². The lowest BCUT2D eigenvalue weighted by Gasteiger charge is -2.51. The number of hydrogen-bond acceptors (Lipinski definition) is 16. The molecule has 2 amide bonds. The molecular formula is C74H83F3N2O16. The number of hydrogen-bond donors (Lipinski definition) is 3. The van der Waals surface area contributed by atoms with Crippen molar-refractivity contribution in [1.29, 1.82) is 0 Å². The molecule has 10 rings (SSSR count). The van der Waals surface area contributed by atoms with Gasteiger partial charge in [-0.25, -0.2) is 0 Å². The molecule has 95 heavy (non-hydrogen) atoms. The van der Waals surface area contributed by atoms with Crippen molar-refractivity contribution < 1.29 is 89.4 Å². The summed E-state index contributed by atoms with van der Waals surface area (Å²) in [5.41, 5.74) is 5.79. The van der Waals surface area contributed by atoms with Gasteiger partial charge in [0.1, 0.15) is 67.1 Å². The highest BCUT2D eigenvalue weighted by atomic mass is 19.4. The van der Waals surface area contributed by atoms with E-state index in [-0.39, 0.29) is 79.0 Å². The molecule has 3 aliphatic rings. The van der Waals surface area contributed by atoms with Gasteiger partial charge in [-0.05, 0) is 52.3 Å². The molecular weight excluding hydrogens is 1230 g/mol. The highest BCUT2D eigenvalue weighted by molar-refractivity contribution is 5.81. The van der Waals surface area contributed by atoms with Gasteiger partial charge in [0, 0.05) is 13.5 Å². The van der Waals surface area contributed by atoms with E-state index in [4.69, 9.17) is 61.6 Å². The second-order valence-corrected chi connectivity index (χ2v) is 23.5. The summed E-state index contributed by atoms with van der Waals surface area (Å²) in [5.74, 6) is -2.55. The van der Waals surface area contributed by atoms with Gasteiger partial charge in [0.2, 0.25) is 5.91 Å². The molecule has 18 nitrogen and oxygen atoms in total. The van der Waals surface area contributed by atoms with Gasteiger partial charge < -0.3 is 77.3 Å². The summed E-state index contributed by atoms with van der Waals surface area (Å²) in [5, 5.41) is 17.3. The SMILES string of the molecule is CC(=O)N[C@@H]1[C@H](O[C@H]2[C@H](OCc3ccccc3)[C@@H](OCc3ccccc3)[C@@H](O[C@H]3[C@H](OCCCNC(=O)C(F)(F)F)O[C@@H](C)[C@H](OCc4ccccc4)[C@H]3OCc3ccccc3)O[C@@H]2COCc2ccccc2)O[C@H](COCc2ccccc2)[C@@H](O)[C@@H]1OCc1ccccc1. The third kappa shape index (κ3) is 21.1. The van der Waals surface area contributed by atoms with Gasteiger partial charge in [-0.15, -0.1) is 0 Å². The molecule has 7 aromatic carbocycles. The summed E-state index contributed by atoms with van der Waals surface area (Å²) in [6.07, 6.45) is -21.7. The summed E-state index contributed by atoms with van der Waals surface area (Å²) >= 11 is 0. The number of amides is 2. The van der Waals surface area contributed by atoms with Crippen molar-refractivity contribution in [3.63, 3.8) is 0 Å². The number of ether oxygens (including phenoxy) is 13. The van der Waals surface area contributed by atoms with Crippen LogP contribution >= 0.6 is 0 Å². The van der Waals surface area contributed by atoms with Crippen molar-refractivity contribution in [2.45, 2.75) is 165 Å². The minimum atomic E-state index is -5.09. The highest BCUT2D eigenvalue weighted by Crippen LogP contribution is 2.39. The Morgan fingerprint density at radius 2 is 0.800 bits per heavy atom. The molecule has 506 valence electrons. The zero-order valence-corrected chi connectivity index (χ0v) is 53.1. The largest absolute Gasteiger partial charge is 0.471 e. The molecule has 3 fully saturated rings. The Morgan fingerprint density at radius 1 is 0.432 bits per heavy atom. The lowest BCUT2D eigenvalue weighted by Crippen LogP contribution is -2.69. The lowest BCUT2D eigenvalue weighted by molar-refractivity contribution is -0.391. The highest BCUT2D eigenvalue weighted by Gasteiger charge is 2.57. The Morgan fingerprint density at radius 3 is 1.23 bits per heavy atom. The maximum Gasteiger partial charge on any atom is 0.471 e. The van der Waals surface area contributed by atoms with E-state index in [1.54, 1.807) is 6.92 Å². The monoisotopic (exact) mass is 1310 g/mol. The van der Waals surface area contributed by atoms with Gasteiger partial charge in [-0.1, -0.05) is 212 Å². The average Bonchev–Trinajstić information content (AvgIpc) is 0.773. The molecule has 0 radical (unpaired) electrons. The normalized spacial score (nSPS) is 26.1. The topological polar surface area (TPSA) is 198 Å². The second-order valence-electron chi connectivity index (χ2n) is 23.5. The standard InChI is InChI=1S/C74H83F3N2O16/c1-50-63(86-43-54-29-14-5-15-30-54)66(88-45-56-33-18-7-19-34-56)69(71(91-50)85-40-24-39-78-73(82)74(75,76)77)95-72-68(90-47-58-37-22-9-23-38-58)67(89-46-57-35-20-8-21-36-57)64(60(93-72)49-84-42-53-27-12-4-13-28-53)94-70-61(79-51(2)80)65(87-44-55-31-16-6-17-32-55)62(81)59(92-70)48-83-41-52-25-10-3-11-26-52/h3-23,25-38,50,59-72,81H,24,39-49H2,1-2H3,(H,78,82)(H,79,80)/t50-,59+,60+,61-,62+,63-,64+,65+,66+,67-,68+,69+,70-,71+,72+/m0/s1. The Kier molecular flexibility index (Phi) is 26.8. The van der Waals surface area contributed by atoms with E-state index in [1.807, 2.05) is 218 Å². The van der Waals surface area contributed by atoms with E-state index >= 15 is 0 Å². The van der Waals surface area contributed by atoms with Crippen molar-refractivity contribution in [2.75, 3.05) is 26.4 Å². The van der Waals surface area contributed by atoms with Crippen molar-refractivity contribution >= 4 is 11.8 Å². The zero-order chi connectivity index (χ0) is 66.2. The number of alkyl halides is 3. The smallest absolute Gasteiger partial charge is 0.388 e. The van der Waals surface area contributed by atoms with E-state index in [0.29, 0.717) is 0 Å². The van der Waals surface area contributed by atoms with Gasteiger partial charge >= 0.3 is 12.1 Å². The minimum Gasteiger partial charge on any atom is -0.388 e. The van der Waals surface area contributed by atoms with Crippen molar-refractivity contribution in [1.82, 2.24) is 10.6 Å². The predicted molar refractivity (Wildman–Crippen MR) is 342 cm³/mol. The molecule has 0 saturated carbocycles. The van der Waals surface area contributed by atoms with E-state index < -0.39 is 110 Å². The van der Waals surface area contributed by atoms with E-state index in [2.05, 4.69) is 5.32 Å². The summed E-state index contributed by atoms with van der Waals surface area (Å²) in [6, 6.07) is 65.4. The van der Waals surface area contributed by atoms with Gasteiger partial charge in [0.05, 0.1) is 72.2 Å². The minimum absolute atomic E-state index is 0.00210. The number of nitrogens with one attached hydrogen (secondary N) is 2. The predicted octanol–water partition coefficient (Wildman–Crippen LogP) is 10.3. The number of carbonyl (C=O) groups excluding carboxylic acids is 2. The summed E-state index contributed by atoms with van der Waals surface area (Å²) in [6.45, 7) is 2.82.